The van der Waals surface area contributed by atoms with Gasteiger partial charge in [0.2, 0.25) is 0 Å². The number of nitrogens with two attached hydrogens (primary N) is 1. The normalized spacial score (nSPS) is 11.5. The maximum atomic E-state index is 11.3. The van der Waals surface area contributed by atoms with Crippen molar-refractivity contribution < 1.29 is 13.2 Å². The predicted molar refractivity (Wildman–Crippen MR) is 73.0 cm³/mol. The maximum Gasteiger partial charge on any atom is 0.175 e. The van der Waals surface area contributed by atoms with Gasteiger partial charge in [0.25, 0.3) is 0 Å². The van der Waals surface area contributed by atoms with E-state index in [0.717, 1.165) is 5.69 Å². The number of hydrogen-bond donors (Lipinski definition) is 1. The summed E-state index contributed by atoms with van der Waals surface area (Å²) in [6, 6.07) is 6.30. The van der Waals surface area contributed by atoms with E-state index in [-0.39, 0.29) is 4.90 Å². The van der Waals surface area contributed by atoms with Gasteiger partial charge in [-0.1, -0.05) is 5.21 Å². The summed E-state index contributed by atoms with van der Waals surface area (Å²) >= 11 is 0. The standard InChI is InChI=1S/C12H16N4O3S/c1-20(17,18)12-4-2-11(3-5-12)19-7-6-16-9-10(8-13)14-15-16/h2-5,9H,6-8,13H2,1H3. The van der Waals surface area contributed by atoms with Gasteiger partial charge in [0.1, 0.15) is 12.4 Å². The van der Waals surface area contributed by atoms with Gasteiger partial charge in [-0.05, 0) is 24.3 Å². The minimum atomic E-state index is -3.17. The van der Waals surface area contributed by atoms with E-state index in [1.165, 1.54) is 18.4 Å². The van der Waals surface area contributed by atoms with Crippen LogP contribution < -0.4 is 10.5 Å². The lowest BCUT2D eigenvalue weighted by atomic mass is 10.3. The van der Waals surface area contributed by atoms with E-state index < -0.39 is 9.84 Å². The van der Waals surface area contributed by atoms with Crippen LogP contribution >= 0.6 is 0 Å². The first-order valence-electron chi connectivity index (χ1n) is 6.01. The highest BCUT2D eigenvalue weighted by atomic mass is 32.2. The van der Waals surface area contributed by atoms with Crippen LogP contribution in [0.25, 0.3) is 0 Å². The fourth-order valence-corrected chi connectivity index (χ4v) is 2.21. The van der Waals surface area contributed by atoms with Crippen LogP contribution in [0.3, 0.4) is 0 Å². The average Bonchev–Trinajstić information content (AvgIpc) is 2.86. The van der Waals surface area contributed by atoms with Gasteiger partial charge in [-0.15, -0.1) is 5.10 Å². The topological polar surface area (TPSA) is 100 Å². The molecule has 1 aromatic carbocycles. The van der Waals surface area contributed by atoms with E-state index in [0.29, 0.717) is 25.4 Å². The smallest absolute Gasteiger partial charge is 0.175 e. The van der Waals surface area contributed by atoms with Crippen LogP contribution in [0.5, 0.6) is 5.75 Å². The Hall–Kier alpha value is -1.93. The Balaban J connectivity index is 1.88. The number of ether oxygens (including phenoxy) is 1. The van der Waals surface area contributed by atoms with Crippen LogP contribution in [-0.2, 0) is 22.9 Å². The highest BCUT2D eigenvalue weighted by Crippen LogP contribution is 2.15. The molecule has 0 spiro atoms. The van der Waals surface area contributed by atoms with Crippen molar-refractivity contribution in [3.05, 3.63) is 36.2 Å². The van der Waals surface area contributed by atoms with Crippen LogP contribution in [-0.4, -0.2) is 36.3 Å². The number of aromatic nitrogens is 3. The van der Waals surface area contributed by atoms with Crippen LogP contribution in [0, 0.1) is 0 Å². The molecular weight excluding hydrogens is 280 g/mol. The quantitative estimate of drug-likeness (QED) is 0.818. The van der Waals surface area contributed by atoms with Crippen molar-refractivity contribution in [2.24, 2.45) is 5.73 Å². The molecule has 0 amide bonds. The molecule has 0 saturated carbocycles. The summed E-state index contributed by atoms with van der Waals surface area (Å²) in [7, 11) is -3.17. The van der Waals surface area contributed by atoms with E-state index in [2.05, 4.69) is 10.3 Å². The zero-order valence-electron chi connectivity index (χ0n) is 11.1. The Kier molecular flexibility index (Phi) is 4.35. The van der Waals surface area contributed by atoms with Gasteiger partial charge in [0.15, 0.2) is 9.84 Å². The first-order valence-corrected chi connectivity index (χ1v) is 7.90. The lowest BCUT2D eigenvalue weighted by molar-refractivity contribution is 0.289. The highest BCUT2D eigenvalue weighted by Gasteiger charge is 2.06. The molecule has 1 heterocycles. The zero-order valence-corrected chi connectivity index (χ0v) is 11.9. The van der Waals surface area contributed by atoms with Crippen molar-refractivity contribution in [3.8, 4) is 5.75 Å². The van der Waals surface area contributed by atoms with Gasteiger partial charge < -0.3 is 10.5 Å². The summed E-state index contributed by atoms with van der Waals surface area (Å²) in [5, 5.41) is 7.76. The van der Waals surface area contributed by atoms with Crippen LogP contribution in [0.1, 0.15) is 5.69 Å². The third kappa shape index (κ3) is 3.78. The SMILES string of the molecule is CS(=O)(=O)c1ccc(OCCn2cc(CN)nn2)cc1. The van der Waals surface area contributed by atoms with Crippen LogP contribution in [0.2, 0.25) is 0 Å². The maximum absolute atomic E-state index is 11.3. The molecule has 8 heteroatoms. The van der Waals surface area contributed by atoms with Gasteiger partial charge in [0, 0.05) is 19.0 Å². The molecule has 7 nitrogen and oxygen atoms in total. The summed E-state index contributed by atoms with van der Waals surface area (Å²) in [6.45, 7) is 1.31. The molecule has 0 atom stereocenters. The number of rotatable bonds is 6. The molecule has 0 unspecified atom stereocenters. The van der Waals surface area contributed by atoms with Gasteiger partial charge in [0.05, 0.1) is 17.1 Å². The number of hydrogen-bond acceptors (Lipinski definition) is 6. The van der Waals surface area contributed by atoms with Gasteiger partial charge in [-0.2, -0.15) is 0 Å². The summed E-state index contributed by atoms with van der Waals surface area (Å²) in [6.07, 6.45) is 2.93. The second-order valence-corrected chi connectivity index (χ2v) is 6.28. The van der Waals surface area contributed by atoms with Gasteiger partial charge in [-0.25, -0.2) is 13.1 Å². The molecule has 0 saturated heterocycles. The summed E-state index contributed by atoms with van der Waals surface area (Å²) in [4.78, 5) is 0.272. The van der Waals surface area contributed by atoms with Crippen LogP contribution in [0.4, 0.5) is 0 Å². The Labute approximate surface area is 117 Å². The Morgan fingerprint density at radius 2 is 2.00 bits per heavy atom. The third-order valence-electron chi connectivity index (χ3n) is 2.64. The molecular formula is C12H16N4O3S. The highest BCUT2D eigenvalue weighted by molar-refractivity contribution is 7.90. The number of nitrogens with zero attached hydrogens (tertiary/aromatic N) is 3. The van der Waals surface area contributed by atoms with Crippen molar-refractivity contribution >= 4 is 9.84 Å². The molecule has 2 rings (SSSR count). The van der Waals surface area contributed by atoms with E-state index in [1.807, 2.05) is 0 Å². The molecule has 1 aromatic heterocycles. The fourth-order valence-electron chi connectivity index (χ4n) is 1.58. The van der Waals surface area contributed by atoms with E-state index >= 15 is 0 Å². The monoisotopic (exact) mass is 296 g/mol. The van der Waals surface area contributed by atoms with Crippen molar-refractivity contribution in [1.29, 1.82) is 0 Å². The fraction of sp³-hybridized carbons (Fsp3) is 0.333. The molecule has 0 fully saturated rings. The molecule has 108 valence electrons. The minimum absolute atomic E-state index is 0.272. The predicted octanol–water partition coefficient (Wildman–Crippen LogP) is 0.219. The Morgan fingerprint density at radius 3 is 2.55 bits per heavy atom. The minimum Gasteiger partial charge on any atom is -0.492 e. The first kappa shape index (κ1) is 14.5. The molecule has 2 aromatic rings. The van der Waals surface area contributed by atoms with E-state index in [9.17, 15) is 8.42 Å². The van der Waals surface area contributed by atoms with Gasteiger partial charge in [-0.3, -0.25) is 0 Å². The van der Waals surface area contributed by atoms with E-state index in [1.54, 1.807) is 23.0 Å². The Bertz CT molecular complexity index is 664. The zero-order chi connectivity index (χ0) is 14.6. The van der Waals surface area contributed by atoms with Crippen molar-refractivity contribution in [3.63, 3.8) is 0 Å². The lowest BCUT2D eigenvalue weighted by Crippen LogP contribution is -2.09. The van der Waals surface area contributed by atoms with Crippen molar-refractivity contribution in [1.82, 2.24) is 15.0 Å². The number of benzene rings is 1. The van der Waals surface area contributed by atoms with Gasteiger partial charge >= 0.3 is 0 Å². The first-order chi connectivity index (χ1) is 9.49. The summed E-state index contributed by atoms with van der Waals surface area (Å²) < 4.78 is 29.8. The second-order valence-electron chi connectivity index (χ2n) is 4.27. The molecule has 0 aliphatic carbocycles. The number of sulfone groups is 1. The van der Waals surface area contributed by atoms with E-state index in [4.69, 9.17) is 10.5 Å². The summed E-state index contributed by atoms with van der Waals surface area (Å²) in [5.74, 6) is 0.608. The second kappa shape index (κ2) is 6.02. The molecule has 20 heavy (non-hydrogen) atoms. The lowest BCUT2D eigenvalue weighted by Gasteiger charge is -2.06. The van der Waals surface area contributed by atoms with Crippen molar-refractivity contribution in [2.75, 3.05) is 12.9 Å². The summed E-state index contributed by atoms with van der Waals surface area (Å²) in [5.41, 5.74) is 6.16. The molecule has 0 aliphatic rings. The molecule has 0 bridgehead atoms. The largest absolute Gasteiger partial charge is 0.492 e. The molecule has 0 aliphatic heterocycles. The Morgan fingerprint density at radius 1 is 1.30 bits per heavy atom. The van der Waals surface area contributed by atoms with Crippen molar-refractivity contribution in [2.45, 2.75) is 18.0 Å². The molecule has 0 radical (unpaired) electrons. The average molecular weight is 296 g/mol. The van der Waals surface area contributed by atoms with Crippen LogP contribution in [0.15, 0.2) is 35.4 Å². The molecule has 2 N–H and O–H groups in total. The third-order valence-corrected chi connectivity index (χ3v) is 3.76.